The van der Waals surface area contributed by atoms with Crippen LogP contribution in [0.1, 0.15) is 23.7 Å². The summed E-state index contributed by atoms with van der Waals surface area (Å²) in [7, 11) is 0. The van der Waals surface area contributed by atoms with Crippen molar-refractivity contribution in [1.29, 1.82) is 0 Å². The molecule has 14 heavy (non-hydrogen) atoms. The normalized spacial score (nSPS) is 23.6. The standard InChI is InChI=1S/C12H9FO/c13-9-3-1-8-2-4-12-10(5-6-14-12)11(8)7-9/h1-6,11H,7H2/t11-/m0/s1. The fraction of sp³-hybridized carbons (Fsp3) is 0.167. The molecule has 1 nitrogen and oxygen atoms in total. The molecule has 1 atom stereocenters. The molecule has 0 radical (unpaired) electrons. The molecule has 0 spiro atoms. The van der Waals surface area contributed by atoms with Gasteiger partial charge in [-0.2, -0.15) is 0 Å². The molecule has 2 aliphatic rings. The Morgan fingerprint density at radius 1 is 1.29 bits per heavy atom. The first-order valence-corrected chi connectivity index (χ1v) is 4.66. The van der Waals surface area contributed by atoms with Crippen LogP contribution in [0.25, 0.3) is 6.08 Å². The predicted molar refractivity (Wildman–Crippen MR) is 52.4 cm³/mol. The highest BCUT2D eigenvalue weighted by Gasteiger charge is 2.26. The van der Waals surface area contributed by atoms with Crippen molar-refractivity contribution in [2.45, 2.75) is 12.3 Å². The van der Waals surface area contributed by atoms with Crippen molar-refractivity contribution < 1.29 is 8.81 Å². The third-order valence-corrected chi connectivity index (χ3v) is 2.79. The summed E-state index contributed by atoms with van der Waals surface area (Å²) in [5.41, 5.74) is 2.27. The zero-order valence-electron chi connectivity index (χ0n) is 7.53. The summed E-state index contributed by atoms with van der Waals surface area (Å²) in [6, 6.07) is 1.93. The predicted octanol–water partition coefficient (Wildman–Crippen LogP) is 3.57. The average molecular weight is 188 g/mol. The second-order valence-electron chi connectivity index (χ2n) is 3.61. The van der Waals surface area contributed by atoms with Crippen LogP contribution in [0.15, 0.2) is 46.4 Å². The van der Waals surface area contributed by atoms with E-state index in [9.17, 15) is 4.39 Å². The van der Waals surface area contributed by atoms with Gasteiger partial charge in [0, 0.05) is 17.9 Å². The molecule has 1 aromatic rings. The first-order valence-electron chi connectivity index (χ1n) is 4.66. The molecule has 0 N–H and O–H groups in total. The molecule has 2 aliphatic carbocycles. The second-order valence-corrected chi connectivity index (χ2v) is 3.61. The molecule has 0 bridgehead atoms. The molecule has 0 aromatic carbocycles. The zero-order valence-corrected chi connectivity index (χ0v) is 7.53. The van der Waals surface area contributed by atoms with Crippen molar-refractivity contribution in [2.24, 2.45) is 0 Å². The van der Waals surface area contributed by atoms with Crippen molar-refractivity contribution in [3.8, 4) is 0 Å². The summed E-state index contributed by atoms with van der Waals surface area (Å²) in [5.74, 6) is 0.960. The smallest absolute Gasteiger partial charge is 0.130 e. The third-order valence-electron chi connectivity index (χ3n) is 2.79. The maximum atomic E-state index is 13.1. The fourth-order valence-corrected chi connectivity index (χ4v) is 2.07. The van der Waals surface area contributed by atoms with Crippen LogP contribution in [0.3, 0.4) is 0 Å². The van der Waals surface area contributed by atoms with Gasteiger partial charge in [0.2, 0.25) is 0 Å². The first kappa shape index (κ1) is 7.80. The topological polar surface area (TPSA) is 13.1 Å². The maximum absolute atomic E-state index is 13.1. The number of hydrogen-bond acceptors (Lipinski definition) is 1. The molecule has 0 aliphatic heterocycles. The van der Waals surface area contributed by atoms with Gasteiger partial charge in [-0.1, -0.05) is 12.2 Å². The molecule has 0 saturated heterocycles. The highest BCUT2D eigenvalue weighted by Crippen LogP contribution is 2.40. The highest BCUT2D eigenvalue weighted by molar-refractivity contribution is 5.61. The first-order chi connectivity index (χ1) is 6.84. The Balaban J connectivity index is 2.14. The van der Waals surface area contributed by atoms with Crippen molar-refractivity contribution in [1.82, 2.24) is 0 Å². The number of hydrogen-bond donors (Lipinski definition) is 0. The molecule has 0 fully saturated rings. The molecule has 1 aromatic heterocycles. The Bertz CT molecular complexity index is 462. The van der Waals surface area contributed by atoms with Crippen LogP contribution in [0, 0.1) is 0 Å². The van der Waals surface area contributed by atoms with Crippen LogP contribution in [0.5, 0.6) is 0 Å². The Kier molecular flexibility index (Phi) is 1.51. The van der Waals surface area contributed by atoms with Crippen LogP contribution in [0.4, 0.5) is 4.39 Å². The summed E-state index contributed by atoms with van der Waals surface area (Å²) >= 11 is 0. The molecule has 3 rings (SSSR count). The summed E-state index contributed by atoms with van der Waals surface area (Å²) in [5, 5.41) is 0. The van der Waals surface area contributed by atoms with E-state index in [-0.39, 0.29) is 11.7 Å². The van der Waals surface area contributed by atoms with Gasteiger partial charge in [0.15, 0.2) is 0 Å². The van der Waals surface area contributed by atoms with E-state index in [4.69, 9.17) is 4.42 Å². The minimum atomic E-state index is -0.0544. The molecule has 0 unspecified atom stereocenters. The Hall–Kier alpha value is -1.57. The quantitative estimate of drug-likeness (QED) is 0.606. The van der Waals surface area contributed by atoms with Gasteiger partial charge in [0.05, 0.1) is 6.26 Å². The third kappa shape index (κ3) is 1.00. The molecule has 0 saturated carbocycles. The van der Waals surface area contributed by atoms with E-state index in [0.29, 0.717) is 6.42 Å². The molecule has 70 valence electrons. The van der Waals surface area contributed by atoms with Crippen LogP contribution in [0.2, 0.25) is 0 Å². The van der Waals surface area contributed by atoms with Gasteiger partial charge in [-0.15, -0.1) is 0 Å². The maximum Gasteiger partial charge on any atom is 0.130 e. The zero-order chi connectivity index (χ0) is 9.54. The van der Waals surface area contributed by atoms with Gasteiger partial charge in [-0.25, -0.2) is 4.39 Å². The van der Waals surface area contributed by atoms with Gasteiger partial charge in [-0.05, 0) is 23.8 Å². The lowest BCUT2D eigenvalue weighted by molar-refractivity contribution is 0.533. The molecular weight excluding hydrogens is 179 g/mol. The van der Waals surface area contributed by atoms with Crippen molar-refractivity contribution in [3.05, 3.63) is 53.3 Å². The van der Waals surface area contributed by atoms with Gasteiger partial charge < -0.3 is 4.42 Å². The summed E-state index contributed by atoms with van der Waals surface area (Å²) in [6.45, 7) is 0. The largest absolute Gasteiger partial charge is 0.465 e. The fourth-order valence-electron chi connectivity index (χ4n) is 2.07. The van der Waals surface area contributed by atoms with Crippen LogP contribution in [-0.2, 0) is 0 Å². The summed E-state index contributed by atoms with van der Waals surface area (Å²) in [4.78, 5) is 0. The van der Waals surface area contributed by atoms with E-state index >= 15 is 0 Å². The van der Waals surface area contributed by atoms with Gasteiger partial charge >= 0.3 is 0 Å². The van der Waals surface area contributed by atoms with Crippen molar-refractivity contribution in [2.75, 3.05) is 0 Å². The number of halogens is 1. The average Bonchev–Trinajstić information content (AvgIpc) is 2.65. The molecule has 2 heteroatoms. The van der Waals surface area contributed by atoms with E-state index in [1.54, 1.807) is 12.3 Å². The van der Waals surface area contributed by atoms with E-state index in [1.807, 2.05) is 24.3 Å². The number of fused-ring (bicyclic) bond motifs is 3. The highest BCUT2D eigenvalue weighted by atomic mass is 19.1. The second kappa shape index (κ2) is 2.71. The van der Waals surface area contributed by atoms with Crippen LogP contribution < -0.4 is 0 Å². The lowest BCUT2D eigenvalue weighted by Crippen LogP contribution is -2.07. The lowest BCUT2D eigenvalue weighted by Gasteiger charge is -2.22. The minimum absolute atomic E-state index is 0.0544. The van der Waals surface area contributed by atoms with Gasteiger partial charge in [-0.3, -0.25) is 0 Å². The van der Waals surface area contributed by atoms with Crippen LogP contribution in [-0.4, -0.2) is 0 Å². The Morgan fingerprint density at radius 2 is 2.21 bits per heavy atom. The Morgan fingerprint density at radius 3 is 3.14 bits per heavy atom. The molecular formula is C12H9FO. The SMILES string of the molecule is FC1=CC=C2C=Cc3occc3[C@H]2C1. The number of furan rings is 1. The Labute approximate surface area is 81.2 Å². The summed E-state index contributed by atoms with van der Waals surface area (Å²) in [6.07, 6.45) is 9.45. The van der Waals surface area contributed by atoms with Gasteiger partial charge in [0.25, 0.3) is 0 Å². The monoisotopic (exact) mass is 188 g/mol. The molecule has 0 amide bonds. The minimum Gasteiger partial charge on any atom is -0.465 e. The number of allylic oxidation sites excluding steroid dienone is 5. The van der Waals surface area contributed by atoms with Crippen molar-refractivity contribution >= 4 is 6.08 Å². The van der Waals surface area contributed by atoms with E-state index in [1.165, 1.54) is 5.57 Å². The van der Waals surface area contributed by atoms with Gasteiger partial charge in [0.1, 0.15) is 11.6 Å². The summed E-state index contributed by atoms with van der Waals surface area (Å²) < 4.78 is 18.4. The van der Waals surface area contributed by atoms with E-state index in [2.05, 4.69) is 0 Å². The van der Waals surface area contributed by atoms with Crippen molar-refractivity contribution in [3.63, 3.8) is 0 Å². The van der Waals surface area contributed by atoms with E-state index in [0.717, 1.165) is 11.3 Å². The number of rotatable bonds is 0. The molecule has 1 heterocycles. The van der Waals surface area contributed by atoms with E-state index < -0.39 is 0 Å². The van der Waals surface area contributed by atoms with Crippen LogP contribution >= 0.6 is 0 Å². The lowest BCUT2D eigenvalue weighted by atomic mass is 9.82.